The average molecular weight is 602 g/mol. The second-order valence-corrected chi connectivity index (χ2v) is 11.8. The third kappa shape index (κ3) is 6.50. The lowest BCUT2D eigenvalue weighted by atomic mass is 9.95. The van der Waals surface area contributed by atoms with Gasteiger partial charge in [0.05, 0.1) is 25.3 Å². The summed E-state index contributed by atoms with van der Waals surface area (Å²) >= 11 is 2.74. The predicted octanol–water partition coefficient (Wildman–Crippen LogP) is 7.03. The molecule has 1 unspecified atom stereocenters. The zero-order valence-corrected chi connectivity index (χ0v) is 25.0. The Labute approximate surface area is 253 Å². The topological polar surface area (TPSA) is 102 Å². The number of carbonyl (C=O) groups is 2. The van der Waals surface area contributed by atoms with Crippen molar-refractivity contribution in [2.75, 3.05) is 18.6 Å². The van der Waals surface area contributed by atoms with E-state index in [0.29, 0.717) is 39.3 Å². The van der Waals surface area contributed by atoms with Crippen LogP contribution in [0.25, 0.3) is 5.76 Å². The zero-order valence-electron chi connectivity index (χ0n) is 23.4. The molecule has 1 amide bonds. The molecule has 0 saturated carbocycles. The molecule has 0 bridgehead atoms. The van der Waals surface area contributed by atoms with E-state index in [-0.39, 0.29) is 16.5 Å². The van der Waals surface area contributed by atoms with Crippen molar-refractivity contribution >= 4 is 45.7 Å². The minimum atomic E-state index is -0.925. The number of methoxy groups -OCH3 is 1. The zero-order chi connectivity index (χ0) is 29.5. The molecule has 4 aromatic rings. The van der Waals surface area contributed by atoms with Gasteiger partial charge in [-0.05, 0) is 53.9 Å². The Morgan fingerprint density at radius 1 is 0.976 bits per heavy atom. The van der Waals surface area contributed by atoms with E-state index in [2.05, 4.69) is 17.1 Å². The van der Waals surface area contributed by atoms with Gasteiger partial charge in [0.2, 0.25) is 5.13 Å². The molecular weight excluding hydrogens is 571 g/mol. The number of Topliss-reactive ketones (excluding diaryl/α,β-unsaturated/α-hetero) is 1. The summed E-state index contributed by atoms with van der Waals surface area (Å²) in [6.07, 6.45) is 3.06. The maximum Gasteiger partial charge on any atom is 0.301 e. The highest BCUT2D eigenvalue weighted by molar-refractivity contribution is 8.00. The molecule has 42 heavy (non-hydrogen) atoms. The van der Waals surface area contributed by atoms with Gasteiger partial charge >= 0.3 is 5.91 Å². The van der Waals surface area contributed by atoms with Crippen LogP contribution >= 0.6 is 23.1 Å². The van der Waals surface area contributed by atoms with Crippen LogP contribution in [0.5, 0.6) is 11.5 Å². The van der Waals surface area contributed by atoms with E-state index >= 15 is 0 Å². The number of amides is 1. The summed E-state index contributed by atoms with van der Waals surface area (Å²) in [6.45, 7) is 2.69. The maximum absolute atomic E-state index is 13.6. The van der Waals surface area contributed by atoms with Crippen molar-refractivity contribution in [3.8, 4) is 11.5 Å². The number of anilines is 1. The first-order valence-electron chi connectivity index (χ1n) is 13.7. The van der Waals surface area contributed by atoms with Crippen LogP contribution in [0, 0.1) is 0 Å². The van der Waals surface area contributed by atoms with Gasteiger partial charge in [-0.1, -0.05) is 85.3 Å². The number of nitrogens with zero attached hydrogens (tertiary/aromatic N) is 3. The number of hydrogen-bond acceptors (Lipinski definition) is 9. The second kappa shape index (κ2) is 13.7. The van der Waals surface area contributed by atoms with Gasteiger partial charge in [-0.3, -0.25) is 14.5 Å². The van der Waals surface area contributed by atoms with Crippen LogP contribution in [0.4, 0.5) is 5.13 Å². The summed E-state index contributed by atoms with van der Waals surface area (Å²) in [5.41, 5.74) is 2.12. The molecule has 8 nitrogen and oxygen atoms in total. The second-order valence-electron chi connectivity index (χ2n) is 9.65. The fraction of sp³-hybridized carbons (Fsp3) is 0.250. The van der Waals surface area contributed by atoms with Crippen LogP contribution in [0.2, 0.25) is 0 Å². The molecule has 1 aromatic heterocycles. The first kappa shape index (κ1) is 29.3. The summed E-state index contributed by atoms with van der Waals surface area (Å²) in [5.74, 6) is 0.0604. The van der Waals surface area contributed by atoms with Gasteiger partial charge in [-0.15, -0.1) is 10.2 Å². The summed E-state index contributed by atoms with van der Waals surface area (Å²) in [4.78, 5) is 28.4. The smallest absolute Gasteiger partial charge is 0.301 e. The molecule has 10 heteroatoms. The highest BCUT2D eigenvalue weighted by Gasteiger charge is 2.48. The molecule has 1 aliphatic rings. The van der Waals surface area contributed by atoms with Crippen LogP contribution in [0.3, 0.4) is 0 Å². The number of ketones is 1. The molecule has 216 valence electrons. The molecular formula is C32H31N3O5S2. The quantitative estimate of drug-likeness (QED) is 0.0461. The van der Waals surface area contributed by atoms with E-state index in [1.54, 1.807) is 31.4 Å². The Hall–Kier alpha value is -4.15. The average Bonchev–Trinajstić information content (AvgIpc) is 3.60. The van der Waals surface area contributed by atoms with Crippen LogP contribution < -0.4 is 14.4 Å². The summed E-state index contributed by atoms with van der Waals surface area (Å²) in [5, 5.41) is 20.3. The molecule has 1 fully saturated rings. The third-order valence-electron chi connectivity index (χ3n) is 6.81. The first-order chi connectivity index (χ1) is 20.5. The number of ether oxygens (including phenoxy) is 2. The molecule has 0 radical (unpaired) electrons. The van der Waals surface area contributed by atoms with Crippen molar-refractivity contribution in [3.63, 3.8) is 0 Å². The van der Waals surface area contributed by atoms with Crippen molar-refractivity contribution in [2.45, 2.75) is 42.3 Å². The number of hydrogen-bond donors (Lipinski definition) is 1. The monoisotopic (exact) mass is 601 g/mol. The summed E-state index contributed by atoms with van der Waals surface area (Å²) in [6, 6.07) is 23.0. The predicted molar refractivity (Wildman–Crippen MR) is 165 cm³/mol. The van der Waals surface area contributed by atoms with E-state index in [9.17, 15) is 14.7 Å². The van der Waals surface area contributed by atoms with Gasteiger partial charge < -0.3 is 14.6 Å². The molecule has 5 rings (SSSR count). The van der Waals surface area contributed by atoms with E-state index < -0.39 is 17.7 Å². The van der Waals surface area contributed by atoms with Crippen molar-refractivity contribution in [1.82, 2.24) is 10.2 Å². The molecule has 2 heterocycles. The maximum atomic E-state index is 13.6. The molecule has 0 spiro atoms. The Balaban J connectivity index is 1.52. The van der Waals surface area contributed by atoms with Gasteiger partial charge in [0, 0.05) is 11.3 Å². The number of aliphatic hydroxyl groups is 1. The lowest BCUT2D eigenvalue weighted by molar-refractivity contribution is -0.132. The number of rotatable bonds is 12. The molecule has 1 N–H and O–H groups in total. The van der Waals surface area contributed by atoms with Gasteiger partial charge in [-0.25, -0.2) is 0 Å². The van der Waals surface area contributed by atoms with Crippen molar-refractivity contribution in [2.24, 2.45) is 0 Å². The van der Waals surface area contributed by atoms with E-state index in [0.717, 1.165) is 24.8 Å². The van der Waals surface area contributed by atoms with Gasteiger partial charge in [-0.2, -0.15) is 0 Å². The van der Waals surface area contributed by atoms with Crippen LogP contribution in [0.1, 0.15) is 48.9 Å². The summed E-state index contributed by atoms with van der Waals surface area (Å²) in [7, 11) is 1.55. The van der Waals surface area contributed by atoms with Crippen molar-refractivity contribution in [3.05, 3.63) is 101 Å². The first-order valence-corrected chi connectivity index (χ1v) is 15.5. The van der Waals surface area contributed by atoms with Gasteiger partial charge in [0.1, 0.15) is 17.3 Å². The number of aliphatic hydroxyl groups excluding tert-OH is 1. The normalized spacial score (nSPS) is 16.1. The molecule has 1 aliphatic heterocycles. The highest BCUT2D eigenvalue weighted by Crippen LogP contribution is 2.44. The van der Waals surface area contributed by atoms with E-state index in [1.807, 2.05) is 54.6 Å². The molecule has 1 saturated heterocycles. The number of aromatic nitrogens is 2. The van der Waals surface area contributed by atoms with Crippen molar-refractivity contribution in [1.29, 1.82) is 0 Å². The Morgan fingerprint density at radius 2 is 1.76 bits per heavy atom. The minimum Gasteiger partial charge on any atom is -0.507 e. The standard InChI is InChI=1S/C32H31N3O5S2/c1-3-4-8-18-40-25-13-9-12-23(19-25)27-26(28(36)22-14-16-24(39-2)17-15-22)29(37)30(38)35(27)31-33-34-32(42-31)41-20-21-10-6-5-7-11-21/h5-7,9-17,19,27,36H,3-4,8,18,20H2,1-2H3. The van der Waals surface area contributed by atoms with Gasteiger partial charge in [0.25, 0.3) is 5.78 Å². The fourth-order valence-corrected chi connectivity index (χ4v) is 6.47. The Morgan fingerprint density at radius 3 is 2.50 bits per heavy atom. The lowest BCUT2D eigenvalue weighted by Crippen LogP contribution is -2.29. The SMILES string of the molecule is CCCCCOc1cccc(C2C(=C(O)c3ccc(OC)cc3)C(=O)C(=O)N2c2nnc(SCc3ccccc3)s2)c1. The van der Waals surface area contributed by atoms with E-state index in [4.69, 9.17) is 9.47 Å². The number of carbonyl (C=O) groups excluding carboxylic acids is 2. The molecule has 3 aromatic carbocycles. The number of unbranched alkanes of at least 4 members (excludes halogenated alkanes) is 2. The number of benzene rings is 3. The van der Waals surface area contributed by atoms with Crippen LogP contribution in [-0.4, -0.2) is 40.7 Å². The largest absolute Gasteiger partial charge is 0.507 e. The Bertz CT molecular complexity index is 1570. The van der Waals surface area contributed by atoms with Crippen LogP contribution in [0.15, 0.2) is 88.8 Å². The molecule has 0 aliphatic carbocycles. The third-order valence-corrected chi connectivity index (χ3v) is 8.93. The summed E-state index contributed by atoms with van der Waals surface area (Å²) < 4.78 is 11.9. The fourth-order valence-electron chi connectivity index (χ4n) is 4.64. The molecule has 1 atom stereocenters. The Kier molecular flexibility index (Phi) is 9.55. The lowest BCUT2D eigenvalue weighted by Gasteiger charge is -2.23. The number of thioether (sulfide) groups is 1. The van der Waals surface area contributed by atoms with Crippen molar-refractivity contribution < 1.29 is 24.2 Å². The van der Waals surface area contributed by atoms with E-state index in [1.165, 1.54) is 28.0 Å². The van der Waals surface area contributed by atoms with Crippen LogP contribution in [-0.2, 0) is 15.3 Å². The highest BCUT2D eigenvalue weighted by atomic mass is 32.2. The van der Waals surface area contributed by atoms with Gasteiger partial charge in [0.15, 0.2) is 4.34 Å². The minimum absolute atomic E-state index is 0.0259.